The number of hydrogen-bond acceptors (Lipinski definition) is 3. The fourth-order valence-corrected chi connectivity index (χ4v) is 1.67. The smallest absolute Gasteiger partial charge is 0.320 e. The highest BCUT2D eigenvalue weighted by molar-refractivity contribution is 5.73. The summed E-state index contributed by atoms with van der Waals surface area (Å²) < 4.78 is 0. The number of aliphatic carboxylic acids is 1. The minimum Gasteiger partial charge on any atom is -0.480 e. The summed E-state index contributed by atoms with van der Waals surface area (Å²) in [4.78, 5) is 10.8. The van der Waals surface area contributed by atoms with Gasteiger partial charge in [0.25, 0.3) is 0 Å². The van der Waals surface area contributed by atoms with E-state index in [1.807, 2.05) is 0 Å². The zero-order chi connectivity index (χ0) is 11.8. The van der Waals surface area contributed by atoms with Crippen molar-refractivity contribution in [2.45, 2.75) is 39.7 Å². The van der Waals surface area contributed by atoms with Crippen LogP contribution in [0.15, 0.2) is 0 Å². The van der Waals surface area contributed by atoms with E-state index in [2.05, 4.69) is 26.1 Å². The average molecular weight is 217 g/mol. The van der Waals surface area contributed by atoms with Crippen LogP contribution in [-0.2, 0) is 4.79 Å². The van der Waals surface area contributed by atoms with E-state index in [-0.39, 0.29) is 13.0 Å². The van der Waals surface area contributed by atoms with Crippen LogP contribution in [0.3, 0.4) is 0 Å². The summed E-state index contributed by atoms with van der Waals surface area (Å²) in [5, 5.41) is 20.5. The first-order valence-corrected chi connectivity index (χ1v) is 5.54. The molecule has 3 N–H and O–H groups in total. The van der Waals surface area contributed by atoms with Gasteiger partial charge in [-0.3, -0.25) is 4.79 Å². The van der Waals surface area contributed by atoms with Gasteiger partial charge in [0.1, 0.15) is 6.04 Å². The molecule has 0 radical (unpaired) electrons. The zero-order valence-electron chi connectivity index (χ0n) is 9.86. The van der Waals surface area contributed by atoms with Crippen molar-refractivity contribution < 1.29 is 15.0 Å². The van der Waals surface area contributed by atoms with E-state index in [1.165, 1.54) is 0 Å². The molecule has 0 fully saturated rings. The van der Waals surface area contributed by atoms with Crippen molar-refractivity contribution in [1.82, 2.24) is 5.32 Å². The lowest BCUT2D eigenvalue weighted by Gasteiger charge is -2.18. The molecule has 0 aromatic carbocycles. The van der Waals surface area contributed by atoms with Gasteiger partial charge in [-0.05, 0) is 31.2 Å². The molecule has 0 amide bonds. The Bertz CT molecular complexity index is 183. The maximum absolute atomic E-state index is 10.8. The highest BCUT2D eigenvalue weighted by atomic mass is 16.4. The second kappa shape index (κ2) is 7.65. The molecule has 15 heavy (non-hydrogen) atoms. The average Bonchev–Trinajstić information content (AvgIpc) is 2.10. The third-order valence-electron chi connectivity index (χ3n) is 2.30. The number of aliphatic hydroxyl groups is 1. The van der Waals surface area contributed by atoms with Gasteiger partial charge in [0.05, 0.1) is 0 Å². The van der Waals surface area contributed by atoms with Crippen molar-refractivity contribution in [2.24, 2.45) is 11.8 Å². The molecule has 0 rings (SSSR count). The first kappa shape index (κ1) is 14.4. The van der Waals surface area contributed by atoms with Gasteiger partial charge in [-0.15, -0.1) is 0 Å². The van der Waals surface area contributed by atoms with Crippen LogP contribution in [0.25, 0.3) is 0 Å². The SMILES string of the molecule is CC(C)CC(C)CN[C@@H](CCO)C(=O)O. The number of carboxylic acid groups (broad SMARTS) is 1. The Balaban J connectivity index is 3.83. The summed E-state index contributed by atoms with van der Waals surface area (Å²) in [5.41, 5.74) is 0. The van der Waals surface area contributed by atoms with E-state index in [0.29, 0.717) is 18.4 Å². The molecule has 1 unspecified atom stereocenters. The van der Waals surface area contributed by atoms with Crippen molar-refractivity contribution >= 4 is 5.97 Å². The summed E-state index contributed by atoms with van der Waals surface area (Å²) in [6.07, 6.45) is 1.35. The normalized spacial score (nSPS) is 15.3. The van der Waals surface area contributed by atoms with E-state index < -0.39 is 12.0 Å². The molecule has 0 aliphatic heterocycles. The lowest BCUT2D eigenvalue weighted by molar-refractivity contribution is -0.139. The van der Waals surface area contributed by atoms with Crippen molar-refractivity contribution in [3.8, 4) is 0 Å². The van der Waals surface area contributed by atoms with E-state index in [0.717, 1.165) is 6.42 Å². The van der Waals surface area contributed by atoms with Gasteiger partial charge < -0.3 is 15.5 Å². The number of hydrogen-bond donors (Lipinski definition) is 3. The van der Waals surface area contributed by atoms with Crippen LogP contribution in [0.5, 0.6) is 0 Å². The van der Waals surface area contributed by atoms with E-state index >= 15 is 0 Å². The summed E-state index contributed by atoms with van der Waals surface area (Å²) in [6, 6.07) is -0.621. The molecule has 4 heteroatoms. The molecule has 0 aromatic rings. The van der Waals surface area contributed by atoms with Crippen LogP contribution in [0.1, 0.15) is 33.6 Å². The summed E-state index contributed by atoms with van der Waals surface area (Å²) >= 11 is 0. The van der Waals surface area contributed by atoms with E-state index in [4.69, 9.17) is 10.2 Å². The predicted molar refractivity (Wildman–Crippen MR) is 59.7 cm³/mol. The molecule has 2 atom stereocenters. The number of carbonyl (C=O) groups is 1. The van der Waals surface area contributed by atoms with Crippen LogP contribution in [-0.4, -0.2) is 35.4 Å². The quantitative estimate of drug-likeness (QED) is 0.569. The molecule has 0 aromatic heterocycles. The third-order valence-corrected chi connectivity index (χ3v) is 2.30. The number of aliphatic hydroxyl groups excluding tert-OH is 1. The third kappa shape index (κ3) is 7.33. The lowest BCUT2D eigenvalue weighted by atomic mass is 9.98. The highest BCUT2D eigenvalue weighted by Crippen LogP contribution is 2.10. The maximum atomic E-state index is 10.8. The molecular formula is C11H23NO3. The van der Waals surface area contributed by atoms with Gasteiger partial charge in [-0.2, -0.15) is 0 Å². The second-order valence-corrected chi connectivity index (χ2v) is 4.55. The molecule has 0 saturated carbocycles. The maximum Gasteiger partial charge on any atom is 0.320 e. The molecule has 0 aliphatic rings. The summed E-state index contributed by atoms with van der Waals surface area (Å²) in [5.74, 6) is 0.203. The van der Waals surface area contributed by atoms with Crippen molar-refractivity contribution in [1.29, 1.82) is 0 Å². The minimum absolute atomic E-state index is 0.0947. The van der Waals surface area contributed by atoms with Crippen molar-refractivity contribution in [3.63, 3.8) is 0 Å². The molecule has 0 saturated heterocycles. The lowest BCUT2D eigenvalue weighted by Crippen LogP contribution is -2.39. The molecule has 0 spiro atoms. The Hall–Kier alpha value is -0.610. The Labute approximate surface area is 91.7 Å². The Morgan fingerprint density at radius 3 is 2.33 bits per heavy atom. The zero-order valence-corrected chi connectivity index (χ0v) is 9.86. The summed E-state index contributed by atoms with van der Waals surface area (Å²) in [6.45, 7) is 7.00. The summed E-state index contributed by atoms with van der Waals surface area (Å²) in [7, 11) is 0. The molecule has 90 valence electrons. The number of carboxylic acids is 1. The fraction of sp³-hybridized carbons (Fsp3) is 0.909. The highest BCUT2D eigenvalue weighted by Gasteiger charge is 2.16. The van der Waals surface area contributed by atoms with Gasteiger partial charge in [-0.25, -0.2) is 0 Å². The van der Waals surface area contributed by atoms with E-state index in [1.54, 1.807) is 0 Å². The van der Waals surface area contributed by atoms with Crippen LogP contribution in [0, 0.1) is 11.8 Å². The molecule has 0 heterocycles. The Morgan fingerprint density at radius 1 is 1.33 bits per heavy atom. The van der Waals surface area contributed by atoms with Gasteiger partial charge in [-0.1, -0.05) is 20.8 Å². The largest absolute Gasteiger partial charge is 0.480 e. The van der Waals surface area contributed by atoms with Crippen molar-refractivity contribution in [2.75, 3.05) is 13.2 Å². The molecule has 4 nitrogen and oxygen atoms in total. The number of rotatable bonds is 8. The van der Waals surface area contributed by atoms with Gasteiger partial charge >= 0.3 is 5.97 Å². The number of nitrogens with one attached hydrogen (secondary N) is 1. The standard InChI is InChI=1S/C11H23NO3/c1-8(2)6-9(3)7-12-10(4-5-13)11(14)15/h8-10,12-13H,4-7H2,1-3H3,(H,14,15)/t9?,10-/m0/s1. The van der Waals surface area contributed by atoms with Crippen LogP contribution >= 0.6 is 0 Å². The first-order chi connectivity index (χ1) is 6.97. The fourth-order valence-electron chi connectivity index (χ4n) is 1.67. The first-order valence-electron chi connectivity index (χ1n) is 5.54. The second-order valence-electron chi connectivity index (χ2n) is 4.55. The van der Waals surface area contributed by atoms with Crippen LogP contribution in [0.4, 0.5) is 0 Å². The van der Waals surface area contributed by atoms with Crippen LogP contribution < -0.4 is 5.32 Å². The molecule has 0 bridgehead atoms. The minimum atomic E-state index is -0.888. The molecule has 0 aliphatic carbocycles. The van der Waals surface area contributed by atoms with Gasteiger partial charge in [0.15, 0.2) is 0 Å². The van der Waals surface area contributed by atoms with Gasteiger partial charge in [0, 0.05) is 6.61 Å². The van der Waals surface area contributed by atoms with E-state index in [9.17, 15) is 4.79 Å². The Kier molecular flexibility index (Phi) is 7.34. The monoisotopic (exact) mass is 217 g/mol. The molecular weight excluding hydrogens is 194 g/mol. The Morgan fingerprint density at radius 2 is 1.93 bits per heavy atom. The predicted octanol–water partition coefficient (Wildman–Crippen LogP) is 1.09. The topological polar surface area (TPSA) is 69.6 Å². The van der Waals surface area contributed by atoms with Crippen molar-refractivity contribution in [3.05, 3.63) is 0 Å². The van der Waals surface area contributed by atoms with Crippen LogP contribution in [0.2, 0.25) is 0 Å². The van der Waals surface area contributed by atoms with Gasteiger partial charge in [0.2, 0.25) is 0 Å².